The van der Waals surface area contributed by atoms with Crippen LogP contribution in [0.5, 0.6) is 0 Å². The Morgan fingerprint density at radius 3 is 2.24 bits per heavy atom. The molecule has 1 heterocycles. The second-order valence-corrected chi connectivity index (χ2v) is 9.76. The number of ether oxygens (including phenoxy) is 1. The molecule has 2 aromatic rings. The molecule has 0 bridgehead atoms. The first-order chi connectivity index (χ1) is 11.8. The van der Waals surface area contributed by atoms with Crippen LogP contribution in [0.15, 0.2) is 56.7 Å². The minimum atomic E-state index is -0.784. The molecule has 25 heavy (non-hydrogen) atoms. The predicted octanol–water partition coefficient (Wildman–Crippen LogP) is 5.90. The first-order valence-electron chi connectivity index (χ1n) is 8.66. The van der Waals surface area contributed by atoms with Gasteiger partial charge in [0.15, 0.2) is 0 Å². The molecule has 0 spiro atoms. The van der Waals surface area contributed by atoms with Gasteiger partial charge in [-0.1, -0.05) is 60.6 Å². The van der Waals surface area contributed by atoms with Gasteiger partial charge in [0.25, 0.3) is 0 Å². The van der Waals surface area contributed by atoms with Crippen molar-refractivity contribution in [3.63, 3.8) is 0 Å². The highest BCUT2D eigenvalue weighted by Crippen LogP contribution is 2.38. The Kier molecular flexibility index (Phi) is 5.64. The third-order valence-electron chi connectivity index (χ3n) is 4.68. The lowest BCUT2D eigenvalue weighted by Crippen LogP contribution is -2.33. The van der Waals surface area contributed by atoms with Crippen LogP contribution < -0.4 is 0 Å². The summed E-state index contributed by atoms with van der Waals surface area (Å²) in [6.07, 6.45) is 1.29. The van der Waals surface area contributed by atoms with Crippen LogP contribution in [0, 0.1) is 0 Å². The Morgan fingerprint density at radius 2 is 1.64 bits per heavy atom. The normalized spacial score (nSPS) is 17.5. The summed E-state index contributed by atoms with van der Waals surface area (Å²) >= 11 is 5.32. The van der Waals surface area contributed by atoms with Crippen LogP contribution in [-0.2, 0) is 15.8 Å². The fraction of sp³-hybridized carbons (Fsp3) is 0.429. The quantitative estimate of drug-likeness (QED) is 0.670. The van der Waals surface area contributed by atoms with Crippen LogP contribution in [0.25, 0.3) is 0 Å². The van der Waals surface area contributed by atoms with Crippen molar-refractivity contribution in [3.8, 4) is 0 Å². The van der Waals surface area contributed by atoms with Crippen LogP contribution in [0.1, 0.15) is 44.7 Å². The number of aliphatic hydroxyl groups is 1. The van der Waals surface area contributed by atoms with Gasteiger partial charge in [-0.2, -0.15) is 0 Å². The Bertz CT molecular complexity index is 729. The van der Waals surface area contributed by atoms with E-state index in [9.17, 15) is 5.11 Å². The lowest BCUT2D eigenvalue weighted by molar-refractivity contribution is -0.0680. The number of benzene rings is 2. The molecule has 3 rings (SSSR count). The van der Waals surface area contributed by atoms with E-state index in [1.165, 1.54) is 10.5 Å². The number of hydrogen-bond acceptors (Lipinski definition) is 3. The molecule has 2 nitrogen and oxygen atoms in total. The van der Waals surface area contributed by atoms with Crippen molar-refractivity contribution in [1.29, 1.82) is 0 Å². The molecular weight excluding hydrogens is 396 g/mol. The highest BCUT2D eigenvalue weighted by atomic mass is 79.9. The summed E-state index contributed by atoms with van der Waals surface area (Å²) in [5, 5.41) is 11.0. The fourth-order valence-corrected chi connectivity index (χ4v) is 4.61. The van der Waals surface area contributed by atoms with Gasteiger partial charge in [0.1, 0.15) is 0 Å². The molecule has 0 aliphatic carbocycles. The predicted molar refractivity (Wildman–Crippen MR) is 107 cm³/mol. The van der Waals surface area contributed by atoms with Crippen LogP contribution in [0.2, 0.25) is 0 Å². The molecule has 0 radical (unpaired) electrons. The zero-order valence-corrected chi connectivity index (χ0v) is 17.4. The second kappa shape index (κ2) is 7.43. The Hall–Kier alpha value is -0.810. The van der Waals surface area contributed by atoms with Crippen molar-refractivity contribution in [2.75, 3.05) is 13.2 Å². The minimum Gasteiger partial charge on any atom is -0.385 e. The highest BCUT2D eigenvalue weighted by Gasteiger charge is 2.32. The van der Waals surface area contributed by atoms with Gasteiger partial charge in [0.05, 0.1) is 5.60 Å². The molecule has 0 aromatic heterocycles. The van der Waals surface area contributed by atoms with Gasteiger partial charge in [-0.3, -0.25) is 0 Å². The van der Waals surface area contributed by atoms with E-state index in [1.807, 2.05) is 6.07 Å². The summed E-state index contributed by atoms with van der Waals surface area (Å²) in [6.45, 7) is 7.90. The molecule has 1 aliphatic heterocycles. The van der Waals surface area contributed by atoms with Crippen LogP contribution >= 0.6 is 27.7 Å². The maximum Gasteiger partial charge on any atom is 0.0941 e. The zero-order chi connectivity index (χ0) is 18.1. The van der Waals surface area contributed by atoms with Crippen LogP contribution in [0.4, 0.5) is 0 Å². The maximum absolute atomic E-state index is 11.0. The lowest BCUT2D eigenvalue weighted by Gasteiger charge is -2.33. The van der Waals surface area contributed by atoms with Crippen molar-refractivity contribution in [2.24, 2.45) is 0 Å². The molecule has 0 amide bonds. The van der Waals surface area contributed by atoms with E-state index >= 15 is 0 Å². The molecule has 1 fully saturated rings. The average molecular weight is 421 g/mol. The summed E-state index contributed by atoms with van der Waals surface area (Å²) < 4.78 is 6.40. The van der Waals surface area contributed by atoms with Gasteiger partial charge < -0.3 is 9.84 Å². The second-order valence-electron chi connectivity index (χ2n) is 7.70. The molecule has 1 aliphatic rings. The zero-order valence-electron chi connectivity index (χ0n) is 15.0. The summed E-state index contributed by atoms with van der Waals surface area (Å²) in [4.78, 5) is 2.34. The number of hydrogen-bond donors (Lipinski definition) is 1. The molecule has 0 saturated carbocycles. The van der Waals surface area contributed by atoms with Crippen molar-refractivity contribution >= 4 is 27.7 Å². The van der Waals surface area contributed by atoms with E-state index in [1.54, 1.807) is 11.8 Å². The highest BCUT2D eigenvalue weighted by molar-refractivity contribution is 9.10. The molecule has 0 atom stereocenters. The van der Waals surface area contributed by atoms with Gasteiger partial charge in [-0.05, 0) is 46.9 Å². The maximum atomic E-state index is 11.0. The van der Waals surface area contributed by atoms with Gasteiger partial charge in [-0.15, -0.1) is 0 Å². The first-order valence-corrected chi connectivity index (χ1v) is 10.3. The van der Waals surface area contributed by atoms with E-state index < -0.39 is 5.60 Å². The molecule has 1 saturated heterocycles. The van der Waals surface area contributed by atoms with Crippen molar-refractivity contribution in [1.82, 2.24) is 0 Å². The third-order valence-corrected chi connectivity index (χ3v) is 6.12. The van der Waals surface area contributed by atoms with Crippen molar-refractivity contribution in [2.45, 2.75) is 54.4 Å². The molecular formula is C21H25BrO2S. The van der Waals surface area contributed by atoms with E-state index in [0.717, 1.165) is 14.9 Å². The Morgan fingerprint density at radius 1 is 1.00 bits per heavy atom. The molecule has 4 heteroatoms. The number of rotatable bonds is 3. The number of halogens is 1. The Balaban J connectivity index is 1.83. The average Bonchev–Trinajstić information content (AvgIpc) is 2.55. The van der Waals surface area contributed by atoms with Gasteiger partial charge >= 0.3 is 0 Å². The first kappa shape index (κ1) is 19.0. The molecule has 134 valence electrons. The lowest BCUT2D eigenvalue weighted by atomic mass is 9.86. The molecule has 1 N–H and O–H groups in total. The van der Waals surface area contributed by atoms with E-state index in [0.29, 0.717) is 26.1 Å². The van der Waals surface area contributed by atoms with Gasteiger partial charge in [-0.25, -0.2) is 0 Å². The van der Waals surface area contributed by atoms with Crippen LogP contribution in [0.3, 0.4) is 0 Å². The SMILES string of the molecule is CC(C)(C)c1ccc(Sc2cc(Br)cc(C3(O)CCOCC3)c2)cc1. The van der Waals surface area contributed by atoms with Gasteiger partial charge in [0, 0.05) is 40.3 Å². The fourth-order valence-electron chi connectivity index (χ4n) is 3.05. The summed E-state index contributed by atoms with van der Waals surface area (Å²) in [7, 11) is 0. The largest absolute Gasteiger partial charge is 0.385 e. The third kappa shape index (κ3) is 4.68. The smallest absolute Gasteiger partial charge is 0.0941 e. The van der Waals surface area contributed by atoms with Crippen molar-refractivity contribution in [3.05, 3.63) is 58.1 Å². The molecule has 2 aromatic carbocycles. The van der Waals surface area contributed by atoms with E-state index in [4.69, 9.17) is 4.74 Å². The monoisotopic (exact) mass is 420 g/mol. The Labute approximate surface area is 163 Å². The van der Waals surface area contributed by atoms with E-state index in [2.05, 4.69) is 73.1 Å². The van der Waals surface area contributed by atoms with Crippen molar-refractivity contribution < 1.29 is 9.84 Å². The van der Waals surface area contributed by atoms with Crippen LogP contribution in [-0.4, -0.2) is 18.3 Å². The topological polar surface area (TPSA) is 29.5 Å². The molecule has 0 unspecified atom stereocenters. The minimum absolute atomic E-state index is 0.165. The summed E-state index contributed by atoms with van der Waals surface area (Å²) in [5.74, 6) is 0. The van der Waals surface area contributed by atoms with Gasteiger partial charge in [0.2, 0.25) is 0 Å². The van der Waals surface area contributed by atoms with E-state index in [-0.39, 0.29) is 5.41 Å². The summed E-state index contributed by atoms with van der Waals surface area (Å²) in [6, 6.07) is 15.0. The standard InChI is InChI=1S/C21H25BrO2S/c1-20(2,3)15-4-6-18(7-5-15)25-19-13-16(12-17(22)14-19)21(23)8-10-24-11-9-21/h4-7,12-14,23H,8-11H2,1-3H3. The summed E-state index contributed by atoms with van der Waals surface area (Å²) in [5.41, 5.74) is 1.69.